The maximum Gasteiger partial charge on any atom is 0.407 e. The van der Waals surface area contributed by atoms with E-state index in [4.69, 9.17) is 19.4 Å². The Morgan fingerprint density at radius 2 is 1.06 bits per heavy atom. The van der Waals surface area contributed by atoms with Gasteiger partial charge in [-0.1, -0.05) is 27.7 Å². The number of nitrogens with one attached hydrogen (secondary N) is 4. The van der Waals surface area contributed by atoms with E-state index in [0.717, 1.165) is 74.4 Å². The van der Waals surface area contributed by atoms with E-state index >= 15 is 0 Å². The molecule has 4 N–H and O–H groups in total. The van der Waals surface area contributed by atoms with Crippen molar-refractivity contribution in [3.8, 4) is 0 Å². The van der Waals surface area contributed by atoms with Crippen LogP contribution in [0.5, 0.6) is 0 Å². The minimum Gasteiger partial charge on any atom is -0.453 e. The van der Waals surface area contributed by atoms with Crippen molar-refractivity contribution in [3.63, 3.8) is 0 Å². The lowest BCUT2D eigenvalue weighted by Crippen LogP contribution is -2.51. The summed E-state index contributed by atoms with van der Waals surface area (Å²) in [6.45, 7) is 8.89. The Labute approximate surface area is 282 Å². The van der Waals surface area contributed by atoms with Crippen LogP contribution in [0.15, 0.2) is 12.4 Å². The number of amides is 4. The largest absolute Gasteiger partial charge is 0.453 e. The van der Waals surface area contributed by atoms with Crippen molar-refractivity contribution in [1.29, 1.82) is 0 Å². The van der Waals surface area contributed by atoms with E-state index in [2.05, 4.69) is 20.6 Å². The summed E-state index contributed by atoms with van der Waals surface area (Å²) >= 11 is 0. The zero-order valence-corrected chi connectivity index (χ0v) is 29.1. The van der Waals surface area contributed by atoms with Crippen molar-refractivity contribution < 1.29 is 28.7 Å². The number of aromatic nitrogens is 4. The highest BCUT2D eigenvalue weighted by atomic mass is 16.5. The first-order chi connectivity index (χ1) is 23.0. The monoisotopic (exact) mass is 668 g/mol. The molecular weight excluding hydrogens is 616 g/mol. The minimum atomic E-state index is -0.663. The van der Waals surface area contributed by atoms with Gasteiger partial charge in [-0.2, -0.15) is 0 Å². The van der Waals surface area contributed by atoms with E-state index in [9.17, 15) is 19.2 Å². The summed E-state index contributed by atoms with van der Waals surface area (Å²) in [5, 5.41) is 5.41. The molecule has 0 unspecified atom stereocenters. The molecule has 0 bridgehead atoms. The molecule has 14 heteroatoms. The van der Waals surface area contributed by atoms with Gasteiger partial charge in [0.1, 0.15) is 23.7 Å². The summed E-state index contributed by atoms with van der Waals surface area (Å²) in [6.07, 6.45) is 10.0. The number of rotatable bonds is 10. The Kier molecular flexibility index (Phi) is 11.3. The quantitative estimate of drug-likeness (QED) is 0.283. The molecule has 4 amide bonds. The first-order valence-corrected chi connectivity index (χ1v) is 17.4. The molecule has 48 heavy (non-hydrogen) atoms. The molecule has 1 saturated carbocycles. The third-order valence-corrected chi connectivity index (χ3v) is 10.3. The number of likely N-dealkylation sites (tertiary alicyclic amines) is 2. The summed E-state index contributed by atoms with van der Waals surface area (Å²) in [6, 6.07) is -1.63. The molecule has 0 spiro atoms. The molecular formula is C34H52N8O6. The Morgan fingerprint density at radius 1 is 0.688 bits per heavy atom. The summed E-state index contributed by atoms with van der Waals surface area (Å²) in [4.78, 5) is 71.1. The molecule has 2 aromatic rings. The number of hydrogen-bond acceptors (Lipinski definition) is 8. The van der Waals surface area contributed by atoms with Gasteiger partial charge < -0.3 is 39.9 Å². The van der Waals surface area contributed by atoms with Crippen LogP contribution in [-0.4, -0.2) is 93.1 Å². The van der Waals surface area contributed by atoms with Crippen LogP contribution in [0.3, 0.4) is 0 Å². The Morgan fingerprint density at radius 3 is 1.40 bits per heavy atom. The second-order valence-corrected chi connectivity index (χ2v) is 14.1. The number of hydrogen-bond donors (Lipinski definition) is 4. The van der Waals surface area contributed by atoms with Crippen LogP contribution in [0.4, 0.5) is 9.59 Å². The van der Waals surface area contributed by atoms with E-state index in [1.54, 1.807) is 0 Å². The Bertz CT molecular complexity index is 1320. The van der Waals surface area contributed by atoms with Gasteiger partial charge in [0.05, 0.1) is 26.3 Å². The number of alkyl carbamates (subject to hydrolysis) is 2. The highest BCUT2D eigenvalue weighted by molar-refractivity contribution is 5.87. The molecule has 5 rings (SSSR count). The molecule has 0 aromatic carbocycles. The molecule has 14 nitrogen and oxygen atoms in total. The second-order valence-electron chi connectivity index (χ2n) is 14.1. The third kappa shape index (κ3) is 7.62. The van der Waals surface area contributed by atoms with Crippen molar-refractivity contribution in [2.75, 3.05) is 27.3 Å². The zero-order chi connectivity index (χ0) is 34.5. The normalized spacial score (nSPS) is 24.1. The maximum absolute atomic E-state index is 13.5. The molecule has 0 radical (unpaired) electrons. The number of methoxy groups -OCH3 is 2. The maximum atomic E-state index is 13.5. The van der Waals surface area contributed by atoms with Crippen molar-refractivity contribution >= 4 is 24.0 Å². The lowest BCUT2D eigenvalue weighted by Gasteiger charge is -2.30. The van der Waals surface area contributed by atoms with Crippen LogP contribution in [0.25, 0.3) is 0 Å². The van der Waals surface area contributed by atoms with E-state index in [1.165, 1.54) is 14.2 Å². The first kappa shape index (κ1) is 35.2. The number of aromatic amines is 2. The van der Waals surface area contributed by atoms with Crippen LogP contribution in [0, 0.1) is 11.8 Å². The summed E-state index contributed by atoms with van der Waals surface area (Å²) in [5.41, 5.74) is 2.20. The lowest BCUT2D eigenvalue weighted by atomic mass is 9.79. The van der Waals surface area contributed by atoms with Crippen LogP contribution >= 0.6 is 0 Å². The fourth-order valence-electron chi connectivity index (χ4n) is 7.56. The Balaban J connectivity index is 1.19. The molecule has 3 aliphatic rings. The van der Waals surface area contributed by atoms with Crippen LogP contribution in [-0.2, 0) is 19.1 Å². The van der Waals surface area contributed by atoms with Gasteiger partial charge in [-0.15, -0.1) is 0 Å². The topological polar surface area (TPSA) is 175 Å². The predicted octanol–water partition coefficient (Wildman–Crippen LogP) is 4.66. The van der Waals surface area contributed by atoms with E-state index in [1.807, 2.05) is 49.9 Å². The van der Waals surface area contributed by atoms with Gasteiger partial charge in [-0.05, 0) is 63.2 Å². The first-order valence-electron chi connectivity index (χ1n) is 17.4. The number of H-pyrrole nitrogens is 2. The smallest absolute Gasteiger partial charge is 0.407 e. The van der Waals surface area contributed by atoms with Gasteiger partial charge >= 0.3 is 12.2 Å². The van der Waals surface area contributed by atoms with E-state index in [-0.39, 0.29) is 35.7 Å². The number of ether oxygens (including phenoxy) is 2. The SMILES string of the molecule is COC(=O)N[C@@H](C(=O)N1CCC[C@@H]1c1ncc([C@H]2CC[C@H](c3cnc([C@H]4CCCN4C(=O)[C@H](NC(=O)OC)C(C)C)[nH]3)CC2)[nH]1)C(C)C. The Hall–Kier alpha value is -4.10. The fraction of sp³-hybridized carbons (Fsp3) is 0.706. The van der Waals surface area contributed by atoms with Crippen LogP contribution < -0.4 is 10.6 Å². The van der Waals surface area contributed by atoms with Crippen molar-refractivity contribution in [1.82, 2.24) is 40.4 Å². The summed E-state index contributed by atoms with van der Waals surface area (Å²) in [5.74, 6) is 1.89. The summed E-state index contributed by atoms with van der Waals surface area (Å²) in [7, 11) is 2.59. The minimum absolute atomic E-state index is 0.0849. The van der Waals surface area contributed by atoms with Crippen molar-refractivity contribution in [2.24, 2.45) is 11.8 Å². The number of nitrogens with zero attached hydrogens (tertiary/aromatic N) is 4. The molecule has 4 atom stereocenters. The van der Waals surface area contributed by atoms with Crippen molar-refractivity contribution in [2.45, 2.75) is 115 Å². The van der Waals surface area contributed by atoms with Gasteiger partial charge in [0.2, 0.25) is 11.8 Å². The van der Waals surface area contributed by atoms with Gasteiger partial charge in [0.15, 0.2) is 0 Å². The fourth-order valence-corrected chi connectivity index (χ4v) is 7.56. The van der Waals surface area contributed by atoms with Gasteiger partial charge in [-0.3, -0.25) is 9.59 Å². The molecule has 2 saturated heterocycles. The third-order valence-electron chi connectivity index (χ3n) is 10.3. The molecule has 2 aliphatic heterocycles. The molecule has 4 heterocycles. The van der Waals surface area contributed by atoms with Crippen LogP contribution in [0.1, 0.15) is 126 Å². The average Bonchev–Trinajstić information content (AvgIpc) is 3.90. The molecule has 2 aromatic heterocycles. The van der Waals surface area contributed by atoms with Gasteiger partial charge in [0.25, 0.3) is 0 Å². The van der Waals surface area contributed by atoms with E-state index < -0.39 is 24.3 Å². The van der Waals surface area contributed by atoms with E-state index in [0.29, 0.717) is 24.9 Å². The number of carbonyl (C=O) groups is 4. The number of carbonyl (C=O) groups excluding carboxylic acids is 4. The van der Waals surface area contributed by atoms with Crippen LogP contribution in [0.2, 0.25) is 0 Å². The molecule has 3 fully saturated rings. The average molecular weight is 669 g/mol. The second kappa shape index (κ2) is 15.4. The van der Waals surface area contributed by atoms with Gasteiger partial charge in [0, 0.05) is 48.7 Å². The lowest BCUT2D eigenvalue weighted by molar-refractivity contribution is -0.136. The highest BCUT2D eigenvalue weighted by Gasteiger charge is 2.39. The standard InChI is InChI=1S/C34H52N8O6/c1-19(2)27(39-33(45)47-5)31(43)41-15-7-9-25(41)29-35-17-23(37-29)21-11-13-22(14-12-21)24-18-36-30(38-24)26-10-8-16-42(26)32(44)28(20(3)4)40-34(46)48-6/h17-22,25-28H,7-16H2,1-6H3,(H,35,37)(H,36,38)(H,39,45)(H,40,46)/t21-,22-,25-,26-,27-,28-/m1/s1. The summed E-state index contributed by atoms with van der Waals surface area (Å²) < 4.78 is 9.51. The van der Waals surface area contributed by atoms with Crippen molar-refractivity contribution in [3.05, 3.63) is 35.4 Å². The predicted molar refractivity (Wildman–Crippen MR) is 177 cm³/mol. The zero-order valence-electron chi connectivity index (χ0n) is 29.1. The molecule has 1 aliphatic carbocycles. The molecule has 264 valence electrons. The highest BCUT2D eigenvalue weighted by Crippen LogP contribution is 2.41. The van der Waals surface area contributed by atoms with Gasteiger partial charge in [-0.25, -0.2) is 19.6 Å². The number of imidazole rings is 2.